The van der Waals surface area contributed by atoms with Crippen LogP contribution in [0, 0.1) is 0 Å². The molecule has 4 nitrogen and oxygen atoms in total. The number of ketones is 1. The molecule has 4 heteroatoms. The third-order valence-corrected chi connectivity index (χ3v) is 3.32. The fraction of sp³-hybridized carbons (Fsp3) is 0.571. The highest BCUT2D eigenvalue weighted by atomic mass is 16.5. The van der Waals surface area contributed by atoms with Crippen molar-refractivity contribution in [2.75, 3.05) is 19.8 Å². The first kappa shape index (κ1) is 13.2. The van der Waals surface area contributed by atoms with Crippen LogP contribution in [0.25, 0.3) is 0 Å². The van der Waals surface area contributed by atoms with Gasteiger partial charge in [-0.05, 0) is 18.6 Å². The third kappa shape index (κ3) is 2.94. The van der Waals surface area contributed by atoms with Crippen molar-refractivity contribution in [3.05, 3.63) is 30.1 Å². The summed E-state index contributed by atoms with van der Waals surface area (Å²) in [6.45, 7) is 3.67. The molecular formula is C14H19NO3. The van der Waals surface area contributed by atoms with Crippen LogP contribution in [-0.2, 0) is 20.7 Å². The van der Waals surface area contributed by atoms with E-state index in [0.29, 0.717) is 39.1 Å². The second kappa shape index (κ2) is 6.07. The van der Waals surface area contributed by atoms with Gasteiger partial charge in [-0.15, -0.1) is 0 Å². The Morgan fingerprint density at radius 1 is 1.50 bits per heavy atom. The van der Waals surface area contributed by atoms with Gasteiger partial charge in [0.2, 0.25) is 0 Å². The summed E-state index contributed by atoms with van der Waals surface area (Å²) in [7, 11) is 0. The minimum atomic E-state index is -0.650. The molecule has 2 heterocycles. The highest BCUT2D eigenvalue weighted by molar-refractivity contribution is 5.89. The van der Waals surface area contributed by atoms with Crippen LogP contribution in [0.2, 0.25) is 0 Å². The Labute approximate surface area is 107 Å². The third-order valence-electron chi connectivity index (χ3n) is 3.32. The summed E-state index contributed by atoms with van der Waals surface area (Å²) in [5, 5.41) is 0. The zero-order valence-corrected chi connectivity index (χ0v) is 10.7. The first-order chi connectivity index (χ1) is 8.77. The van der Waals surface area contributed by atoms with Gasteiger partial charge in [0, 0.05) is 51.5 Å². The van der Waals surface area contributed by atoms with Crippen molar-refractivity contribution in [1.29, 1.82) is 0 Å². The fourth-order valence-electron chi connectivity index (χ4n) is 2.33. The zero-order valence-electron chi connectivity index (χ0n) is 10.7. The summed E-state index contributed by atoms with van der Waals surface area (Å²) < 4.78 is 11.1. The van der Waals surface area contributed by atoms with E-state index in [1.165, 1.54) is 0 Å². The molecule has 1 aromatic rings. The van der Waals surface area contributed by atoms with Gasteiger partial charge in [-0.25, -0.2) is 0 Å². The molecule has 0 spiro atoms. The van der Waals surface area contributed by atoms with Crippen molar-refractivity contribution >= 4 is 5.78 Å². The van der Waals surface area contributed by atoms with Crippen molar-refractivity contribution in [2.24, 2.45) is 0 Å². The molecule has 98 valence electrons. The van der Waals surface area contributed by atoms with E-state index in [2.05, 4.69) is 4.98 Å². The maximum absolute atomic E-state index is 12.5. The van der Waals surface area contributed by atoms with Crippen molar-refractivity contribution in [3.63, 3.8) is 0 Å². The number of carbonyl (C=O) groups excluding carboxylic acids is 1. The first-order valence-electron chi connectivity index (χ1n) is 6.41. The van der Waals surface area contributed by atoms with Gasteiger partial charge in [0.05, 0.1) is 0 Å². The standard InChI is InChI=1S/C14H19NO3/c1-2-18-14(5-8-17-9-6-14)13(16)10-12-4-3-7-15-11-12/h3-4,7,11H,2,5-6,8-10H2,1H3. The quantitative estimate of drug-likeness (QED) is 0.798. The molecule has 2 rings (SSSR count). The second-order valence-corrected chi connectivity index (χ2v) is 4.50. The van der Waals surface area contributed by atoms with Gasteiger partial charge in [0.1, 0.15) is 5.60 Å². The predicted molar refractivity (Wildman–Crippen MR) is 67.4 cm³/mol. The molecule has 0 amide bonds. The number of pyridine rings is 1. The van der Waals surface area contributed by atoms with Gasteiger partial charge in [-0.2, -0.15) is 0 Å². The van der Waals surface area contributed by atoms with Crippen LogP contribution < -0.4 is 0 Å². The van der Waals surface area contributed by atoms with Crippen LogP contribution in [0.1, 0.15) is 25.3 Å². The largest absolute Gasteiger partial charge is 0.381 e. The van der Waals surface area contributed by atoms with Crippen molar-refractivity contribution in [2.45, 2.75) is 31.8 Å². The van der Waals surface area contributed by atoms with E-state index in [0.717, 1.165) is 5.56 Å². The number of carbonyl (C=O) groups is 1. The Morgan fingerprint density at radius 2 is 2.28 bits per heavy atom. The SMILES string of the molecule is CCOC1(C(=O)Cc2cccnc2)CCOCC1. The minimum absolute atomic E-state index is 0.139. The summed E-state index contributed by atoms with van der Waals surface area (Å²) in [5.74, 6) is 0.139. The van der Waals surface area contributed by atoms with Gasteiger partial charge in [0.25, 0.3) is 0 Å². The maximum atomic E-state index is 12.5. The lowest BCUT2D eigenvalue weighted by Gasteiger charge is -2.35. The molecule has 0 radical (unpaired) electrons. The van der Waals surface area contributed by atoms with Gasteiger partial charge in [-0.3, -0.25) is 9.78 Å². The average molecular weight is 249 g/mol. The number of Topliss-reactive ketones (excluding diaryl/α,β-unsaturated/α-hetero) is 1. The Kier molecular flexibility index (Phi) is 4.44. The summed E-state index contributed by atoms with van der Waals surface area (Å²) in [4.78, 5) is 16.5. The fourth-order valence-corrected chi connectivity index (χ4v) is 2.33. The van der Waals surface area contributed by atoms with Crippen LogP contribution in [0.4, 0.5) is 0 Å². The normalized spacial score (nSPS) is 18.5. The number of ether oxygens (including phenoxy) is 2. The average Bonchev–Trinajstić information content (AvgIpc) is 2.41. The summed E-state index contributed by atoms with van der Waals surface area (Å²) >= 11 is 0. The molecule has 0 bridgehead atoms. The summed E-state index contributed by atoms with van der Waals surface area (Å²) in [6, 6.07) is 3.77. The van der Waals surface area contributed by atoms with E-state index >= 15 is 0 Å². The molecular weight excluding hydrogens is 230 g/mol. The maximum Gasteiger partial charge on any atom is 0.169 e. The van der Waals surface area contributed by atoms with Crippen LogP contribution in [0.5, 0.6) is 0 Å². The second-order valence-electron chi connectivity index (χ2n) is 4.50. The van der Waals surface area contributed by atoms with Crippen molar-refractivity contribution in [1.82, 2.24) is 4.98 Å². The lowest BCUT2D eigenvalue weighted by atomic mass is 9.86. The zero-order chi connectivity index (χ0) is 12.8. The molecule has 0 saturated carbocycles. The van der Waals surface area contributed by atoms with Gasteiger partial charge in [0.15, 0.2) is 5.78 Å². The molecule has 1 aliphatic heterocycles. The first-order valence-corrected chi connectivity index (χ1v) is 6.41. The highest BCUT2D eigenvalue weighted by Crippen LogP contribution is 2.27. The van der Waals surface area contributed by atoms with Crippen LogP contribution in [0.15, 0.2) is 24.5 Å². The molecule has 1 aromatic heterocycles. The molecule has 0 N–H and O–H groups in total. The summed E-state index contributed by atoms with van der Waals surface area (Å²) in [6.07, 6.45) is 5.13. The Balaban J connectivity index is 2.08. The predicted octanol–water partition coefficient (Wildman–Crippen LogP) is 1.78. The molecule has 0 unspecified atom stereocenters. The van der Waals surface area contributed by atoms with E-state index in [1.807, 2.05) is 19.1 Å². The topological polar surface area (TPSA) is 48.4 Å². The lowest BCUT2D eigenvalue weighted by molar-refractivity contribution is -0.156. The number of nitrogens with zero attached hydrogens (tertiary/aromatic N) is 1. The lowest BCUT2D eigenvalue weighted by Crippen LogP contribution is -2.47. The van der Waals surface area contributed by atoms with Gasteiger partial charge < -0.3 is 9.47 Å². The molecule has 18 heavy (non-hydrogen) atoms. The summed E-state index contributed by atoms with van der Waals surface area (Å²) in [5.41, 5.74) is 0.288. The van der Waals surface area contributed by atoms with Gasteiger partial charge >= 0.3 is 0 Å². The van der Waals surface area contributed by atoms with E-state index in [4.69, 9.17) is 9.47 Å². The number of hydrogen-bond acceptors (Lipinski definition) is 4. The molecule has 0 aliphatic carbocycles. The van der Waals surface area contributed by atoms with E-state index < -0.39 is 5.60 Å². The molecule has 0 aromatic carbocycles. The number of rotatable bonds is 5. The van der Waals surface area contributed by atoms with E-state index in [1.54, 1.807) is 12.4 Å². The molecule has 1 saturated heterocycles. The highest BCUT2D eigenvalue weighted by Gasteiger charge is 2.40. The Morgan fingerprint density at radius 3 is 2.89 bits per heavy atom. The van der Waals surface area contributed by atoms with Gasteiger partial charge in [-0.1, -0.05) is 6.07 Å². The smallest absolute Gasteiger partial charge is 0.169 e. The monoisotopic (exact) mass is 249 g/mol. The number of aromatic nitrogens is 1. The van der Waals surface area contributed by atoms with Crippen LogP contribution >= 0.6 is 0 Å². The number of hydrogen-bond donors (Lipinski definition) is 0. The van der Waals surface area contributed by atoms with E-state index in [9.17, 15) is 4.79 Å². The van der Waals surface area contributed by atoms with Crippen molar-refractivity contribution < 1.29 is 14.3 Å². The molecule has 0 atom stereocenters. The Bertz CT molecular complexity index is 380. The molecule has 1 fully saturated rings. The molecule has 1 aliphatic rings. The van der Waals surface area contributed by atoms with Crippen molar-refractivity contribution in [3.8, 4) is 0 Å². The minimum Gasteiger partial charge on any atom is -0.381 e. The van der Waals surface area contributed by atoms with Crippen LogP contribution in [0.3, 0.4) is 0 Å². The van der Waals surface area contributed by atoms with E-state index in [-0.39, 0.29) is 5.78 Å². The Hall–Kier alpha value is -1.26. The van der Waals surface area contributed by atoms with Crippen LogP contribution in [-0.4, -0.2) is 36.2 Å².